The maximum absolute atomic E-state index is 14.8. The molecule has 0 aliphatic heterocycles. The van der Waals surface area contributed by atoms with Gasteiger partial charge in [-0.15, -0.1) is 0 Å². The Hall–Kier alpha value is -8.32. The number of halogens is 5. The van der Waals surface area contributed by atoms with Crippen LogP contribution in [0.1, 0.15) is 47.1 Å². The molecule has 0 bridgehead atoms. The van der Waals surface area contributed by atoms with Crippen LogP contribution in [0.4, 0.5) is 31.5 Å². The Morgan fingerprint density at radius 2 is 1.14 bits per heavy atom. The van der Waals surface area contributed by atoms with Crippen LogP contribution in [0.5, 0.6) is 11.5 Å². The Morgan fingerprint density at radius 3 is 1.74 bits per heavy atom. The van der Waals surface area contributed by atoms with Gasteiger partial charge in [-0.3, -0.25) is 9.59 Å². The van der Waals surface area contributed by atoms with Crippen molar-refractivity contribution in [2.75, 3.05) is 13.7 Å². The third-order valence-electron chi connectivity index (χ3n) is 11.1. The molecule has 0 saturated carbocycles. The first-order chi connectivity index (χ1) is 35.2. The highest BCUT2D eigenvalue weighted by atomic mass is 19.2. The van der Waals surface area contributed by atoms with Crippen molar-refractivity contribution in [1.82, 2.24) is 16.0 Å². The Bertz CT molecular complexity index is 2820. The first-order valence-corrected chi connectivity index (χ1v) is 22.9. The minimum atomic E-state index is -2.47. The maximum Gasteiger partial charge on any atom is 0.408 e. The van der Waals surface area contributed by atoms with E-state index in [-0.39, 0.29) is 56.9 Å². The molecular formula is C54H51F5N4O10. The minimum Gasteiger partial charge on any atom is -0.489 e. The highest BCUT2D eigenvalue weighted by molar-refractivity contribution is 5.84. The second-order valence-corrected chi connectivity index (χ2v) is 16.5. The quantitative estimate of drug-likeness (QED) is 0.00913. The molecule has 14 nitrogen and oxygen atoms in total. The molecule has 0 aliphatic carbocycles. The van der Waals surface area contributed by atoms with Crippen molar-refractivity contribution in [2.45, 2.75) is 70.1 Å². The van der Waals surface area contributed by atoms with Crippen molar-refractivity contribution in [3.63, 3.8) is 0 Å². The van der Waals surface area contributed by atoms with Gasteiger partial charge in [0, 0.05) is 19.0 Å². The van der Waals surface area contributed by atoms with Crippen LogP contribution in [0.25, 0.3) is 11.1 Å². The third-order valence-corrected chi connectivity index (χ3v) is 11.1. The van der Waals surface area contributed by atoms with Gasteiger partial charge in [0.15, 0.2) is 0 Å². The zero-order valence-corrected chi connectivity index (χ0v) is 39.3. The second-order valence-electron chi connectivity index (χ2n) is 16.5. The number of esters is 2. The van der Waals surface area contributed by atoms with E-state index < -0.39 is 89.4 Å². The highest BCUT2D eigenvalue weighted by Crippen LogP contribution is 2.32. The fourth-order valence-electron chi connectivity index (χ4n) is 7.31. The van der Waals surface area contributed by atoms with E-state index in [1.54, 1.807) is 103 Å². The molecule has 0 aromatic heterocycles. The molecule has 0 fully saturated rings. The lowest BCUT2D eigenvalue weighted by Gasteiger charge is -2.21. The molecule has 73 heavy (non-hydrogen) atoms. The summed E-state index contributed by atoms with van der Waals surface area (Å²) in [6, 6.07) is 34.7. The Kier molecular flexibility index (Phi) is 19.8. The third kappa shape index (κ3) is 16.1. The minimum absolute atomic E-state index is 0.0204. The number of methoxy groups -OCH3 is 1. The molecule has 0 heterocycles. The maximum atomic E-state index is 14.8. The first kappa shape index (κ1) is 54.0. The molecule has 382 valence electrons. The van der Waals surface area contributed by atoms with Gasteiger partial charge in [-0.25, -0.2) is 27.6 Å². The van der Waals surface area contributed by atoms with Gasteiger partial charge < -0.3 is 45.4 Å². The number of carbonyl (C=O) groups excluding carboxylic acids is 5. The van der Waals surface area contributed by atoms with E-state index >= 15 is 0 Å². The van der Waals surface area contributed by atoms with E-state index in [1.165, 1.54) is 7.11 Å². The molecule has 1 unspecified atom stereocenters. The molecule has 6 aromatic carbocycles. The molecule has 5 N–H and O–H groups in total. The lowest BCUT2D eigenvalue weighted by atomic mass is 9.95. The van der Waals surface area contributed by atoms with E-state index in [1.807, 2.05) is 30.3 Å². The summed E-state index contributed by atoms with van der Waals surface area (Å²) < 4.78 is 98.4. The molecule has 6 aromatic rings. The van der Waals surface area contributed by atoms with Gasteiger partial charge in [-0.05, 0) is 70.3 Å². The monoisotopic (exact) mass is 1010 g/mol. The lowest BCUT2D eigenvalue weighted by molar-refractivity contribution is -0.141. The second kappa shape index (κ2) is 26.8. The van der Waals surface area contributed by atoms with Gasteiger partial charge in [-0.1, -0.05) is 121 Å². The number of carbonyl (C=O) groups is 5. The number of ether oxygens (including phenoxy) is 5. The van der Waals surface area contributed by atoms with Crippen LogP contribution in [0.15, 0.2) is 133 Å². The van der Waals surface area contributed by atoms with E-state index in [0.29, 0.717) is 28.7 Å². The average molecular weight is 1010 g/mol. The predicted molar refractivity (Wildman–Crippen MR) is 256 cm³/mol. The predicted octanol–water partition coefficient (Wildman–Crippen LogP) is 8.70. The lowest BCUT2D eigenvalue weighted by Crippen LogP contribution is -2.47. The van der Waals surface area contributed by atoms with E-state index in [4.69, 9.17) is 29.4 Å². The molecule has 0 aliphatic rings. The summed E-state index contributed by atoms with van der Waals surface area (Å²) >= 11 is 0. The molecule has 0 saturated heterocycles. The van der Waals surface area contributed by atoms with Crippen molar-refractivity contribution in [1.29, 1.82) is 0 Å². The summed E-state index contributed by atoms with van der Waals surface area (Å²) in [4.78, 5) is 65.1. The van der Waals surface area contributed by atoms with E-state index in [2.05, 4.69) is 16.0 Å². The van der Waals surface area contributed by atoms with Crippen molar-refractivity contribution < 1.29 is 69.6 Å². The highest BCUT2D eigenvalue weighted by Gasteiger charge is 2.33. The van der Waals surface area contributed by atoms with Gasteiger partial charge in [0.05, 0.1) is 19.6 Å². The smallest absolute Gasteiger partial charge is 0.408 e. The van der Waals surface area contributed by atoms with Crippen LogP contribution >= 0.6 is 0 Å². The number of hydrogen-bond acceptors (Lipinski definition) is 11. The fraction of sp³-hybridized carbons (Fsp3) is 0.241. The van der Waals surface area contributed by atoms with E-state index in [0.717, 1.165) is 11.1 Å². The summed E-state index contributed by atoms with van der Waals surface area (Å²) in [7, 11) is 1.21. The van der Waals surface area contributed by atoms with Crippen LogP contribution in [0, 0.1) is 29.1 Å². The van der Waals surface area contributed by atoms with Crippen LogP contribution in [-0.2, 0) is 61.3 Å². The molecular weight excluding hydrogens is 960 g/mol. The SMILES string of the molecule is COC(=O)CC(Cc1cccc(-c2ccc(OCc3ccccc3)c(C[C@H](NC(=O)OCc3ccccc3)C(=O)Oc3c(F)c(F)c(F)c(F)c3F)c2)c1)NC(=O)[C@@H](N)CCCNC(=O)OCc1ccccc1. The Balaban J connectivity index is 1.21. The fourth-order valence-corrected chi connectivity index (χ4v) is 7.31. The summed E-state index contributed by atoms with van der Waals surface area (Å²) in [5, 5.41) is 7.75. The van der Waals surface area contributed by atoms with Gasteiger partial charge in [0.1, 0.15) is 31.6 Å². The van der Waals surface area contributed by atoms with Gasteiger partial charge >= 0.3 is 24.1 Å². The number of alkyl carbamates (subject to hydrolysis) is 2. The molecule has 3 amide bonds. The first-order valence-electron chi connectivity index (χ1n) is 22.9. The largest absolute Gasteiger partial charge is 0.489 e. The van der Waals surface area contributed by atoms with E-state index in [9.17, 15) is 45.9 Å². The zero-order chi connectivity index (χ0) is 52.3. The van der Waals surface area contributed by atoms with Gasteiger partial charge in [0.25, 0.3) is 0 Å². The van der Waals surface area contributed by atoms with Crippen LogP contribution < -0.4 is 31.2 Å². The normalized spacial score (nSPS) is 12.1. The number of amides is 3. The summed E-state index contributed by atoms with van der Waals surface area (Å²) in [5.41, 5.74) is 10.3. The summed E-state index contributed by atoms with van der Waals surface area (Å²) in [5.74, 6) is -16.5. The number of nitrogens with two attached hydrogens (primary N) is 1. The zero-order valence-electron chi connectivity index (χ0n) is 39.3. The topological polar surface area (TPSA) is 194 Å². The molecule has 6 rings (SSSR count). The number of rotatable bonds is 23. The number of benzene rings is 6. The van der Waals surface area contributed by atoms with Crippen LogP contribution in [0.2, 0.25) is 0 Å². The van der Waals surface area contributed by atoms with Crippen molar-refractivity contribution in [2.24, 2.45) is 5.73 Å². The van der Waals surface area contributed by atoms with Crippen molar-refractivity contribution in [3.05, 3.63) is 190 Å². The molecule has 0 radical (unpaired) electrons. The molecule has 19 heteroatoms. The Morgan fingerprint density at radius 1 is 0.589 bits per heavy atom. The average Bonchev–Trinajstić information content (AvgIpc) is 3.41. The van der Waals surface area contributed by atoms with Crippen molar-refractivity contribution in [3.8, 4) is 22.6 Å². The number of nitrogens with one attached hydrogen (secondary N) is 3. The molecule has 0 spiro atoms. The summed E-state index contributed by atoms with van der Waals surface area (Å²) in [6.07, 6.45) is -1.90. The van der Waals surface area contributed by atoms with Crippen LogP contribution in [-0.4, -0.2) is 61.8 Å². The number of hydrogen-bond donors (Lipinski definition) is 4. The van der Waals surface area contributed by atoms with Gasteiger partial charge in [-0.2, -0.15) is 8.78 Å². The van der Waals surface area contributed by atoms with Crippen LogP contribution in [0.3, 0.4) is 0 Å². The molecule has 3 atom stereocenters. The Labute approximate surface area is 416 Å². The summed E-state index contributed by atoms with van der Waals surface area (Å²) in [6.45, 7) is 0.0309. The standard InChI is InChI=1S/C54H51F5N4O10/c1-69-44(64)29-40(62-51(65)41(60)21-12-24-61-53(67)71-31-34-15-7-3-8-16-34)26-36-19-11-20-37(25-36)38-22-23-43(70-30-33-13-5-2-6-14-33)39(27-38)28-42(63-54(68)72-32-35-17-9-4-10-18-35)52(66)73-50-48(58)46(56)45(55)47(57)49(50)59/h2-11,13-20,22-23,25,27,40-42H,12,21,24,26,28-32,60H2,1H3,(H,61,67)(H,62,65)(H,63,68)/t40?,41-,42-/m0/s1. The van der Waals surface area contributed by atoms with Crippen molar-refractivity contribution >= 4 is 30.0 Å². The van der Waals surface area contributed by atoms with Gasteiger partial charge in [0.2, 0.25) is 40.7 Å².